The van der Waals surface area contributed by atoms with Gasteiger partial charge in [0.15, 0.2) is 0 Å². The van der Waals surface area contributed by atoms with E-state index in [0.29, 0.717) is 11.6 Å². The predicted octanol–water partition coefficient (Wildman–Crippen LogP) is 3.26. The van der Waals surface area contributed by atoms with Gasteiger partial charge in [0.1, 0.15) is 0 Å². The number of amides is 1. The van der Waals surface area contributed by atoms with E-state index in [1.54, 1.807) is 18.4 Å². The molecule has 3 rings (SSSR count). The van der Waals surface area contributed by atoms with E-state index >= 15 is 0 Å². The van der Waals surface area contributed by atoms with Gasteiger partial charge in [0.25, 0.3) is 5.91 Å². The van der Waals surface area contributed by atoms with Crippen molar-refractivity contribution in [3.63, 3.8) is 0 Å². The Morgan fingerprint density at radius 3 is 2.73 bits per heavy atom. The van der Waals surface area contributed by atoms with Crippen molar-refractivity contribution < 1.29 is 9.53 Å². The Bertz CT molecular complexity index is 787. The fourth-order valence-electron chi connectivity index (χ4n) is 3.45. The van der Waals surface area contributed by atoms with Gasteiger partial charge in [0.2, 0.25) is 0 Å². The predicted molar refractivity (Wildman–Crippen MR) is 106 cm³/mol. The molecular formula is C20H27N3O2S. The minimum Gasteiger partial charge on any atom is -0.378 e. The number of rotatable bonds is 5. The summed E-state index contributed by atoms with van der Waals surface area (Å²) in [5.41, 5.74) is 2.72. The molecule has 2 heterocycles. The number of likely N-dealkylation sites (tertiary alicyclic amines) is 1. The second-order valence-electron chi connectivity index (χ2n) is 7.13. The summed E-state index contributed by atoms with van der Waals surface area (Å²) in [5.74, 6) is -0.0524. The molecule has 2 atom stereocenters. The number of nitrogens with zero attached hydrogens (tertiary/aromatic N) is 2. The molecule has 1 fully saturated rings. The normalized spacial score (nSPS) is 20.7. The standard InChI is InChI=1S/C20H27N3O2S/c1-12(2)23-10-17(18(11-23)25-5)22-20(24)16-8-6-7-15(9-16)19-13(3)21-14(4)26-19/h6-9,12,17-18H,10-11H2,1-5H3,(H,22,24)/t17-,18-/m0/s1. The Morgan fingerprint density at radius 2 is 2.12 bits per heavy atom. The number of carbonyl (C=O) groups is 1. The third-order valence-electron chi connectivity index (χ3n) is 4.93. The van der Waals surface area contributed by atoms with Crippen LogP contribution in [0.25, 0.3) is 10.4 Å². The third kappa shape index (κ3) is 3.98. The molecule has 5 nitrogen and oxygen atoms in total. The Kier molecular flexibility index (Phi) is 5.75. The molecule has 26 heavy (non-hydrogen) atoms. The highest BCUT2D eigenvalue weighted by Crippen LogP contribution is 2.30. The highest BCUT2D eigenvalue weighted by Gasteiger charge is 2.35. The van der Waals surface area contributed by atoms with Gasteiger partial charge in [-0.1, -0.05) is 12.1 Å². The minimum atomic E-state index is -0.0524. The number of thiazole rings is 1. The van der Waals surface area contributed by atoms with Crippen LogP contribution < -0.4 is 5.32 Å². The molecule has 1 aromatic carbocycles. The smallest absolute Gasteiger partial charge is 0.251 e. The maximum Gasteiger partial charge on any atom is 0.251 e. The Balaban J connectivity index is 1.76. The van der Waals surface area contributed by atoms with Gasteiger partial charge in [0.05, 0.1) is 27.7 Å². The quantitative estimate of drug-likeness (QED) is 0.874. The van der Waals surface area contributed by atoms with Crippen LogP contribution in [0.2, 0.25) is 0 Å². The van der Waals surface area contributed by atoms with Crippen LogP contribution in [0.1, 0.15) is 34.9 Å². The van der Waals surface area contributed by atoms with E-state index in [9.17, 15) is 4.79 Å². The van der Waals surface area contributed by atoms with Gasteiger partial charge in [-0.05, 0) is 45.4 Å². The molecule has 1 aliphatic heterocycles. The average Bonchev–Trinajstić information content (AvgIpc) is 3.17. The summed E-state index contributed by atoms with van der Waals surface area (Å²) >= 11 is 1.66. The van der Waals surface area contributed by atoms with Crippen molar-refractivity contribution in [2.45, 2.75) is 45.9 Å². The van der Waals surface area contributed by atoms with Crippen LogP contribution in [0.3, 0.4) is 0 Å². The molecule has 0 saturated carbocycles. The molecule has 0 spiro atoms. The van der Waals surface area contributed by atoms with Crippen molar-refractivity contribution in [2.75, 3.05) is 20.2 Å². The zero-order valence-corrected chi connectivity index (χ0v) is 16.9. The van der Waals surface area contributed by atoms with Gasteiger partial charge in [-0.3, -0.25) is 9.69 Å². The number of carbonyl (C=O) groups excluding carboxylic acids is 1. The van der Waals surface area contributed by atoms with Crippen molar-refractivity contribution >= 4 is 17.2 Å². The molecule has 1 aromatic heterocycles. The van der Waals surface area contributed by atoms with E-state index in [0.717, 1.165) is 34.2 Å². The molecule has 6 heteroatoms. The lowest BCUT2D eigenvalue weighted by molar-refractivity contribution is 0.0753. The van der Waals surface area contributed by atoms with E-state index in [4.69, 9.17) is 4.74 Å². The number of aromatic nitrogens is 1. The molecule has 2 aromatic rings. The van der Waals surface area contributed by atoms with Gasteiger partial charge in [-0.15, -0.1) is 11.3 Å². The van der Waals surface area contributed by atoms with E-state index < -0.39 is 0 Å². The van der Waals surface area contributed by atoms with Crippen LogP contribution in [0.15, 0.2) is 24.3 Å². The van der Waals surface area contributed by atoms with Crippen molar-refractivity contribution in [1.29, 1.82) is 0 Å². The summed E-state index contributed by atoms with van der Waals surface area (Å²) < 4.78 is 5.59. The second kappa shape index (κ2) is 7.86. The van der Waals surface area contributed by atoms with Gasteiger partial charge in [-0.25, -0.2) is 4.98 Å². The van der Waals surface area contributed by atoms with Gasteiger partial charge in [-0.2, -0.15) is 0 Å². The van der Waals surface area contributed by atoms with E-state index in [1.165, 1.54) is 0 Å². The van der Waals surface area contributed by atoms with Crippen LogP contribution in [0, 0.1) is 13.8 Å². The van der Waals surface area contributed by atoms with Gasteiger partial charge >= 0.3 is 0 Å². The van der Waals surface area contributed by atoms with Gasteiger partial charge in [0, 0.05) is 31.8 Å². The van der Waals surface area contributed by atoms with Crippen LogP contribution in [0.4, 0.5) is 0 Å². The molecule has 0 bridgehead atoms. The first kappa shape index (κ1) is 19.0. The van der Waals surface area contributed by atoms with Crippen molar-refractivity contribution in [1.82, 2.24) is 15.2 Å². The summed E-state index contributed by atoms with van der Waals surface area (Å²) in [5, 5.41) is 4.20. The highest BCUT2D eigenvalue weighted by molar-refractivity contribution is 7.15. The van der Waals surface area contributed by atoms with E-state index in [1.807, 2.05) is 38.1 Å². The first-order valence-electron chi connectivity index (χ1n) is 9.01. The Hall–Kier alpha value is -1.76. The summed E-state index contributed by atoms with van der Waals surface area (Å²) in [4.78, 5) is 20.8. The number of hydrogen-bond acceptors (Lipinski definition) is 5. The fraction of sp³-hybridized carbons (Fsp3) is 0.500. The maximum absolute atomic E-state index is 12.8. The lowest BCUT2D eigenvalue weighted by Gasteiger charge is -2.20. The molecule has 1 saturated heterocycles. The summed E-state index contributed by atoms with van der Waals surface area (Å²) in [6.07, 6.45) is 0.0240. The second-order valence-corrected chi connectivity index (χ2v) is 8.33. The fourth-order valence-corrected chi connectivity index (χ4v) is 4.37. The zero-order valence-electron chi connectivity index (χ0n) is 16.1. The summed E-state index contributed by atoms with van der Waals surface area (Å²) in [7, 11) is 1.71. The topological polar surface area (TPSA) is 54.5 Å². The zero-order chi connectivity index (χ0) is 18.8. The number of ether oxygens (including phenoxy) is 1. The maximum atomic E-state index is 12.8. The SMILES string of the molecule is CO[C@H]1CN(C(C)C)C[C@@H]1NC(=O)c1cccc(-c2sc(C)nc2C)c1. The summed E-state index contributed by atoms with van der Waals surface area (Å²) in [6, 6.07) is 8.22. The highest BCUT2D eigenvalue weighted by atomic mass is 32.1. The summed E-state index contributed by atoms with van der Waals surface area (Å²) in [6.45, 7) is 10.0. The number of methoxy groups -OCH3 is 1. The number of nitrogens with one attached hydrogen (secondary N) is 1. The molecule has 1 aliphatic rings. The number of hydrogen-bond donors (Lipinski definition) is 1. The van der Waals surface area contributed by atoms with Crippen LogP contribution >= 0.6 is 11.3 Å². The van der Waals surface area contributed by atoms with E-state index in [-0.39, 0.29) is 18.1 Å². The van der Waals surface area contributed by atoms with Crippen molar-refractivity contribution in [2.24, 2.45) is 0 Å². The monoisotopic (exact) mass is 373 g/mol. The molecule has 0 radical (unpaired) electrons. The lowest BCUT2D eigenvalue weighted by atomic mass is 10.1. The molecular weight excluding hydrogens is 346 g/mol. The van der Waals surface area contributed by atoms with E-state index in [2.05, 4.69) is 29.0 Å². The largest absolute Gasteiger partial charge is 0.378 e. The molecule has 1 amide bonds. The lowest BCUT2D eigenvalue weighted by Crippen LogP contribution is -2.43. The van der Waals surface area contributed by atoms with Crippen molar-refractivity contribution in [3.8, 4) is 10.4 Å². The average molecular weight is 374 g/mol. The Labute approximate surface area is 159 Å². The molecule has 140 valence electrons. The third-order valence-corrected chi connectivity index (χ3v) is 6.06. The van der Waals surface area contributed by atoms with Crippen LogP contribution in [-0.2, 0) is 4.74 Å². The number of aryl methyl sites for hydroxylation is 2. The van der Waals surface area contributed by atoms with Gasteiger partial charge < -0.3 is 10.1 Å². The Morgan fingerprint density at radius 1 is 1.35 bits per heavy atom. The molecule has 1 N–H and O–H groups in total. The molecule has 0 unspecified atom stereocenters. The van der Waals surface area contributed by atoms with Crippen molar-refractivity contribution in [3.05, 3.63) is 40.5 Å². The number of benzene rings is 1. The first-order chi connectivity index (χ1) is 12.4. The minimum absolute atomic E-state index is 0.00550. The van der Waals surface area contributed by atoms with Crippen LogP contribution in [-0.4, -0.2) is 54.2 Å². The molecule has 0 aliphatic carbocycles. The first-order valence-corrected chi connectivity index (χ1v) is 9.83. The van der Waals surface area contributed by atoms with Crippen LogP contribution in [0.5, 0.6) is 0 Å².